The zero-order chi connectivity index (χ0) is 9.56. The second kappa shape index (κ2) is 7.92. The van der Waals surface area contributed by atoms with Gasteiger partial charge in [0, 0.05) is 41.5 Å². The molecular weight excluding hydrogens is 344 g/mol. The zero-order valence-electron chi connectivity index (χ0n) is 7.42. The van der Waals surface area contributed by atoms with Gasteiger partial charge in [-0.25, -0.2) is 6.29 Å². The number of amides is 2. The van der Waals surface area contributed by atoms with Crippen molar-refractivity contribution in [2.24, 2.45) is 0 Å². The summed E-state index contributed by atoms with van der Waals surface area (Å²) in [6.45, 7) is 2.70. The van der Waals surface area contributed by atoms with Crippen LogP contribution in [0.3, 0.4) is 0 Å². The number of carbonyl (C=O) groups is 2. The number of hydrogen-bond acceptors (Lipinski definition) is 3. The Balaban J connectivity index is 0. The average Bonchev–Trinajstić information content (AvgIpc) is 1.97. The zero-order valence-corrected chi connectivity index (χ0v) is 10.4. The second-order valence-corrected chi connectivity index (χ2v) is 2.31. The van der Waals surface area contributed by atoms with E-state index in [4.69, 9.17) is 0 Å². The van der Waals surface area contributed by atoms with Crippen LogP contribution in [0.1, 0.15) is 13.8 Å². The van der Waals surface area contributed by atoms with Crippen molar-refractivity contribution >= 4 is 18.1 Å². The fourth-order valence-corrected chi connectivity index (χ4v) is 0.613. The summed E-state index contributed by atoms with van der Waals surface area (Å²) in [5.74, 6) is -0.575. The van der Waals surface area contributed by atoms with Crippen LogP contribution in [0.4, 0.5) is 0 Å². The van der Waals surface area contributed by atoms with E-state index in [0.717, 1.165) is 0 Å². The molecular formula is C7H11N2O3W-. The van der Waals surface area contributed by atoms with Gasteiger partial charge in [-0.1, -0.05) is 0 Å². The first-order valence-corrected chi connectivity index (χ1v) is 3.45. The molecule has 5 nitrogen and oxygen atoms in total. The second-order valence-electron chi connectivity index (χ2n) is 2.31. The van der Waals surface area contributed by atoms with Crippen LogP contribution in [0.25, 0.3) is 0 Å². The molecule has 0 spiro atoms. The summed E-state index contributed by atoms with van der Waals surface area (Å²) in [6.07, 6.45) is 1.59. The molecule has 0 saturated carbocycles. The van der Waals surface area contributed by atoms with E-state index in [-0.39, 0.29) is 39.4 Å². The van der Waals surface area contributed by atoms with Gasteiger partial charge >= 0.3 is 0 Å². The van der Waals surface area contributed by atoms with E-state index >= 15 is 0 Å². The Kier molecular flexibility index (Phi) is 9.02. The summed E-state index contributed by atoms with van der Waals surface area (Å²) in [5.41, 5.74) is 0. The third-order valence-electron chi connectivity index (χ3n) is 1.07. The third-order valence-corrected chi connectivity index (χ3v) is 1.07. The van der Waals surface area contributed by atoms with Crippen LogP contribution in [-0.2, 0) is 35.4 Å². The standard InChI is InChI=1S/C7H11N2O3.W/c1-5(11)8-3-7(4-10)9-6(2)12;/h7H,3H2,1-2H3,(H,8,11)(H,9,12);/q-1;. The Morgan fingerprint density at radius 2 is 1.85 bits per heavy atom. The Hall–Kier alpha value is -0.702. The van der Waals surface area contributed by atoms with E-state index in [1.165, 1.54) is 13.8 Å². The minimum atomic E-state index is -0.758. The monoisotopic (exact) mass is 355 g/mol. The topological polar surface area (TPSA) is 75.3 Å². The SMILES string of the molecule is CC(=O)NCC([C-]=O)NC(C)=O.[W]. The van der Waals surface area contributed by atoms with Crippen LogP contribution in [0.2, 0.25) is 0 Å². The van der Waals surface area contributed by atoms with Gasteiger partial charge in [0.2, 0.25) is 11.8 Å². The fourth-order valence-electron chi connectivity index (χ4n) is 0.613. The van der Waals surface area contributed by atoms with Gasteiger partial charge in [0.25, 0.3) is 0 Å². The Labute approximate surface area is 90.9 Å². The number of carbonyl (C=O) groups excluding carboxylic acids is 3. The molecule has 0 aromatic heterocycles. The van der Waals surface area contributed by atoms with Crippen LogP contribution in [0, 0.1) is 0 Å². The Morgan fingerprint density at radius 1 is 1.31 bits per heavy atom. The molecule has 1 atom stereocenters. The molecule has 74 valence electrons. The molecule has 0 heterocycles. The molecule has 2 N–H and O–H groups in total. The summed E-state index contributed by atoms with van der Waals surface area (Å²) in [7, 11) is 0. The summed E-state index contributed by atoms with van der Waals surface area (Å²) in [5, 5.41) is 4.69. The molecule has 0 aliphatic carbocycles. The van der Waals surface area contributed by atoms with E-state index in [1.807, 2.05) is 0 Å². The summed E-state index contributed by atoms with van der Waals surface area (Å²) in [4.78, 5) is 31.0. The summed E-state index contributed by atoms with van der Waals surface area (Å²) >= 11 is 0. The van der Waals surface area contributed by atoms with Crippen LogP contribution >= 0.6 is 0 Å². The number of rotatable bonds is 4. The van der Waals surface area contributed by atoms with Gasteiger partial charge in [0.05, 0.1) is 0 Å². The van der Waals surface area contributed by atoms with Crippen LogP contribution < -0.4 is 10.6 Å². The van der Waals surface area contributed by atoms with Crippen molar-refractivity contribution in [3.8, 4) is 0 Å². The number of nitrogens with one attached hydrogen (secondary N) is 2. The van der Waals surface area contributed by atoms with Gasteiger partial charge in [-0.15, -0.1) is 0 Å². The Morgan fingerprint density at radius 3 is 2.15 bits per heavy atom. The van der Waals surface area contributed by atoms with E-state index in [0.29, 0.717) is 0 Å². The van der Waals surface area contributed by atoms with Crippen molar-refractivity contribution < 1.29 is 35.4 Å². The van der Waals surface area contributed by atoms with Gasteiger partial charge in [-0.3, -0.25) is 9.59 Å². The van der Waals surface area contributed by atoms with Gasteiger partial charge < -0.3 is 15.4 Å². The molecule has 0 saturated heterocycles. The van der Waals surface area contributed by atoms with E-state index in [2.05, 4.69) is 10.6 Å². The average molecular weight is 355 g/mol. The van der Waals surface area contributed by atoms with E-state index in [1.54, 1.807) is 6.29 Å². The largest absolute Gasteiger partial charge is 0.540 e. The smallest absolute Gasteiger partial charge is 0.216 e. The molecule has 0 aromatic carbocycles. The van der Waals surface area contributed by atoms with Crippen molar-refractivity contribution in [1.82, 2.24) is 10.6 Å². The van der Waals surface area contributed by atoms with Crippen LogP contribution in [-0.4, -0.2) is 30.7 Å². The minimum absolute atomic E-state index is 0. The van der Waals surface area contributed by atoms with Crippen molar-refractivity contribution in [3.63, 3.8) is 0 Å². The van der Waals surface area contributed by atoms with E-state index in [9.17, 15) is 14.4 Å². The van der Waals surface area contributed by atoms with Crippen LogP contribution in [0.5, 0.6) is 0 Å². The number of hydrogen-bond donors (Lipinski definition) is 2. The summed E-state index contributed by atoms with van der Waals surface area (Å²) < 4.78 is 0. The maximum Gasteiger partial charge on any atom is 0.216 e. The van der Waals surface area contributed by atoms with Gasteiger partial charge in [-0.2, -0.15) is 0 Å². The molecule has 1 unspecified atom stereocenters. The van der Waals surface area contributed by atoms with Gasteiger partial charge in [-0.05, 0) is 6.04 Å². The maximum absolute atomic E-state index is 10.5. The molecule has 6 heteroatoms. The van der Waals surface area contributed by atoms with Crippen LogP contribution in [0.15, 0.2) is 0 Å². The molecule has 0 rings (SSSR count). The maximum atomic E-state index is 10.5. The van der Waals surface area contributed by atoms with Crippen molar-refractivity contribution in [2.75, 3.05) is 6.54 Å². The van der Waals surface area contributed by atoms with Crippen molar-refractivity contribution in [3.05, 3.63) is 0 Å². The normalized spacial score (nSPS) is 10.6. The van der Waals surface area contributed by atoms with Gasteiger partial charge in [0.1, 0.15) is 0 Å². The summed E-state index contributed by atoms with van der Waals surface area (Å²) in [6, 6.07) is -0.758. The molecule has 0 radical (unpaired) electrons. The molecule has 13 heavy (non-hydrogen) atoms. The third kappa shape index (κ3) is 9.21. The molecule has 0 aliphatic heterocycles. The van der Waals surface area contributed by atoms with E-state index < -0.39 is 6.04 Å². The molecule has 0 aromatic rings. The molecule has 2 amide bonds. The van der Waals surface area contributed by atoms with Crippen molar-refractivity contribution in [2.45, 2.75) is 19.9 Å². The Bertz CT molecular complexity index is 196. The van der Waals surface area contributed by atoms with Gasteiger partial charge in [0.15, 0.2) is 0 Å². The molecule has 0 fully saturated rings. The molecule has 0 bridgehead atoms. The predicted molar refractivity (Wildman–Crippen MR) is 42.0 cm³/mol. The predicted octanol–water partition coefficient (Wildman–Crippen LogP) is -1.27. The first-order valence-electron chi connectivity index (χ1n) is 3.45. The minimum Gasteiger partial charge on any atom is -0.540 e. The first-order chi connectivity index (χ1) is 5.56. The first kappa shape index (κ1) is 14.8. The quantitative estimate of drug-likeness (QED) is 0.618. The fraction of sp³-hybridized carbons (Fsp3) is 0.571. The molecule has 0 aliphatic rings. The van der Waals surface area contributed by atoms with Crippen molar-refractivity contribution in [1.29, 1.82) is 0 Å².